The normalized spacial score (nSPS) is 10.8. The van der Waals surface area contributed by atoms with E-state index in [1.807, 2.05) is 97.1 Å². The van der Waals surface area contributed by atoms with Crippen LogP contribution in [0.3, 0.4) is 0 Å². The Morgan fingerprint density at radius 1 is 0.591 bits per heavy atom. The molecule has 0 spiro atoms. The van der Waals surface area contributed by atoms with Crippen LogP contribution in [0.5, 0.6) is 0 Å². The number of anilines is 2. The van der Waals surface area contributed by atoms with Crippen molar-refractivity contribution < 1.29 is 0 Å². The maximum atomic E-state index is 9.37. The molecule has 0 aliphatic carbocycles. The number of benzene rings is 6. The molecule has 0 atom stereocenters. The lowest BCUT2D eigenvalue weighted by molar-refractivity contribution is 1.18. The Balaban J connectivity index is 1.52. The Bertz CT molecular complexity index is 2190. The van der Waals surface area contributed by atoms with Crippen LogP contribution < -0.4 is 5.32 Å². The number of fused-ring (bicyclic) bond motifs is 3. The zero-order chi connectivity index (χ0) is 30.0. The van der Waals surface area contributed by atoms with E-state index >= 15 is 0 Å². The average molecular weight is 564 g/mol. The quantitative estimate of drug-likeness (QED) is 0.197. The van der Waals surface area contributed by atoms with Gasteiger partial charge in [-0.3, -0.25) is 0 Å². The van der Waals surface area contributed by atoms with Crippen LogP contribution in [0.1, 0.15) is 16.7 Å². The van der Waals surface area contributed by atoms with Crippen molar-refractivity contribution in [2.75, 3.05) is 5.32 Å². The summed E-state index contributed by atoms with van der Waals surface area (Å²) in [5, 5.41) is 33.0. The summed E-state index contributed by atoms with van der Waals surface area (Å²) < 4.78 is 2.24. The average Bonchev–Trinajstić information content (AvgIpc) is 3.43. The summed E-state index contributed by atoms with van der Waals surface area (Å²) in [5.74, 6) is 0. The molecule has 5 heteroatoms. The number of aromatic nitrogens is 1. The molecule has 0 radical (unpaired) electrons. The minimum absolute atomic E-state index is 0.605. The Morgan fingerprint density at radius 2 is 1.18 bits per heavy atom. The van der Waals surface area contributed by atoms with Gasteiger partial charge in [0.15, 0.2) is 0 Å². The van der Waals surface area contributed by atoms with Gasteiger partial charge in [-0.15, -0.1) is 0 Å². The van der Waals surface area contributed by atoms with Crippen molar-refractivity contribution in [1.29, 1.82) is 15.9 Å². The molecule has 0 saturated heterocycles. The van der Waals surface area contributed by atoms with Gasteiger partial charge in [0.25, 0.3) is 0 Å². The van der Waals surface area contributed by atoms with Gasteiger partial charge in [0, 0.05) is 39.6 Å². The first kappa shape index (κ1) is 26.5. The Kier molecular flexibility index (Phi) is 6.68. The summed E-state index contributed by atoms with van der Waals surface area (Å²) >= 11 is 0. The second kappa shape index (κ2) is 11.1. The first-order valence-corrected chi connectivity index (χ1v) is 14.2. The van der Waals surface area contributed by atoms with Crippen LogP contribution in [-0.4, -0.2) is 10.8 Å². The van der Waals surface area contributed by atoms with Crippen LogP contribution in [-0.2, 0) is 0 Å². The molecule has 0 aliphatic heterocycles. The molecule has 1 heterocycles. The van der Waals surface area contributed by atoms with Crippen molar-refractivity contribution in [2.24, 2.45) is 0 Å². The number of hydrogen-bond acceptors (Lipinski definition) is 4. The standard InChI is InChI=1S/C39H25N5/c40-23-26-10-14-28(15-11-26)30-20-31(29-16-12-27(24-41)13-17-29)22-33(21-30)44-38-9-5-4-8-34(38)35-18-19-37(36(25-42)39(35)44)43-32-6-2-1-3-7-32/h1-22,25,42-43H. The maximum Gasteiger partial charge on any atom is 0.0991 e. The molecule has 0 amide bonds. The van der Waals surface area contributed by atoms with E-state index in [0.29, 0.717) is 11.1 Å². The van der Waals surface area contributed by atoms with Crippen LogP contribution in [0.4, 0.5) is 11.4 Å². The van der Waals surface area contributed by atoms with Gasteiger partial charge in [-0.25, -0.2) is 0 Å². The van der Waals surface area contributed by atoms with Crippen molar-refractivity contribution in [2.45, 2.75) is 0 Å². The Morgan fingerprint density at radius 3 is 1.77 bits per heavy atom. The summed E-state index contributed by atoms with van der Waals surface area (Å²) in [6, 6.07) is 48.5. The van der Waals surface area contributed by atoms with Gasteiger partial charge in [0.05, 0.1) is 34.3 Å². The van der Waals surface area contributed by atoms with Gasteiger partial charge >= 0.3 is 0 Å². The third-order valence-corrected chi connectivity index (χ3v) is 7.94. The van der Waals surface area contributed by atoms with Crippen LogP contribution >= 0.6 is 0 Å². The molecular formula is C39H25N5. The number of nitriles is 2. The highest BCUT2D eigenvalue weighted by molar-refractivity contribution is 6.16. The molecule has 6 aromatic carbocycles. The zero-order valence-corrected chi connectivity index (χ0v) is 23.6. The van der Waals surface area contributed by atoms with Gasteiger partial charge < -0.3 is 15.3 Å². The van der Waals surface area contributed by atoms with Gasteiger partial charge in [0.2, 0.25) is 0 Å². The number of nitrogens with one attached hydrogen (secondary N) is 2. The molecule has 206 valence electrons. The number of para-hydroxylation sites is 2. The Hall–Kier alpha value is -6.43. The fourth-order valence-corrected chi connectivity index (χ4v) is 5.83. The molecule has 0 aliphatic rings. The fraction of sp³-hybridized carbons (Fsp3) is 0. The van der Waals surface area contributed by atoms with Crippen LogP contribution in [0.2, 0.25) is 0 Å². The highest BCUT2D eigenvalue weighted by atomic mass is 15.0. The predicted molar refractivity (Wildman–Crippen MR) is 179 cm³/mol. The van der Waals surface area contributed by atoms with Crippen LogP contribution in [0, 0.1) is 28.1 Å². The molecule has 0 fully saturated rings. The van der Waals surface area contributed by atoms with Crippen molar-refractivity contribution in [3.8, 4) is 40.1 Å². The summed E-state index contributed by atoms with van der Waals surface area (Å²) in [7, 11) is 0. The van der Waals surface area contributed by atoms with Crippen molar-refractivity contribution >= 4 is 39.4 Å². The van der Waals surface area contributed by atoms with E-state index < -0.39 is 0 Å². The number of rotatable bonds is 6. The van der Waals surface area contributed by atoms with Crippen molar-refractivity contribution in [1.82, 2.24) is 4.57 Å². The molecule has 5 nitrogen and oxygen atoms in total. The molecule has 0 unspecified atom stereocenters. The van der Waals surface area contributed by atoms with E-state index in [4.69, 9.17) is 5.41 Å². The minimum Gasteiger partial charge on any atom is -0.355 e. The van der Waals surface area contributed by atoms with E-state index in [2.05, 4.69) is 58.4 Å². The van der Waals surface area contributed by atoms with E-state index in [9.17, 15) is 10.5 Å². The lowest BCUT2D eigenvalue weighted by Crippen LogP contribution is -2.01. The summed E-state index contributed by atoms with van der Waals surface area (Å²) in [6.07, 6.45) is 1.43. The highest BCUT2D eigenvalue weighted by Gasteiger charge is 2.19. The van der Waals surface area contributed by atoms with Gasteiger partial charge in [-0.05, 0) is 89.0 Å². The molecule has 44 heavy (non-hydrogen) atoms. The molecule has 1 aromatic heterocycles. The number of hydrogen-bond donors (Lipinski definition) is 2. The fourth-order valence-electron chi connectivity index (χ4n) is 5.83. The van der Waals surface area contributed by atoms with Gasteiger partial charge in [-0.2, -0.15) is 10.5 Å². The van der Waals surface area contributed by atoms with Gasteiger partial charge in [-0.1, -0.05) is 66.7 Å². The predicted octanol–water partition coefficient (Wildman–Crippen LogP) is 9.60. The molecule has 0 bridgehead atoms. The molecular weight excluding hydrogens is 538 g/mol. The van der Waals surface area contributed by atoms with E-state index in [0.717, 1.165) is 66.7 Å². The first-order valence-electron chi connectivity index (χ1n) is 14.2. The Labute approximate surface area is 255 Å². The molecule has 2 N–H and O–H groups in total. The topological polar surface area (TPSA) is 88.4 Å². The van der Waals surface area contributed by atoms with Crippen molar-refractivity contribution in [3.05, 3.63) is 150 Å². The monoisotopic (exact) mass is 563 g/mol. The van der Waals surface area contributed by atoms with Crippen molar-refractivity contribution in [3.63, 3.8) is 0 Å². The molecule has 0 saturated carbocycles. The first-order chi connectivity index (χ1) is 21.7. The lowest BCUT2D eigenvalue weighted by Gasteiger charge is -2.16. The zero-order valence-electron chi connectivity index (χ0n) is 23.6. The summed E-state index contributed by atoms with van der Waals surface area (Å²) in [6.45, 7) is 0. The lowest BCUT2D eigenvalue weighted by atomic mass is 9.96. The number of nitrogens with zero attached hydrogens (tertiary/aromatic N) is 3. The second-order valence-corrected chi connectivity index (χ2v) is 10.6. The summed E-state index contributed by atoms with van der Waals surface area (Å²) in [4.78, 5) is 0. The molecule has 7 aromatic rings. The second-order valence-electron chi connectivity index (χ2n) is 10.6. The largest absolute Gasteiger partial charge is 0.355 e. The van der Waals surface area contributed by atoms with E-state index in [1.54, 1.807) is 0 Å². The SMILES string of the molecule is N#Cc1ccc(-c2cc(-c3ccc(C#N)cc3)cc(-n3c4ccccc4c4ccc(Nc5ccccc5)c(C=N)c43)c2)cc1. The van der Waals surface area contributed by atoms with E-state index in [-0.39, 0.29) is 0 Å². The highest BCUT2D eigenvalue weighted by Crippen LogP contribution is 2.39. The third kappa shape index (κ3) is 4.65. The maximum absolute atomic E-state index is 9.37. The molecule has 7 rings (SSSR count). The van der Waals surface area contributed by atoms with E-state index in [1.165, 1.54) is 6.21 Å². The summed E-state index contributed by atoms with van der Waals surface area (Å²) in [5.41, 5.74) is 10.7. The van der Waals surface area contributed by atoms with Crippen LogP contribution in [0.15, 0.2) is 133 Å². The van der Waals surface area contributed by atoms with Crippen LogP contribution in [0.25, 0.3) is 49.7 Å². The smallest absolute Gasteiger partial charge is 0.0991 e. The van der Waals surface area contributed by atoms with Gasteiger partial charge in [0.1, 0.15) is 0 Å². The third-order valence-electron chi connectivity index (χ3n) is 7.94. The minimum atomic E-state index is 0.605.